The van der Waals surface area contributed by atoms with Gasteiger partial charge < -0.3 is 42.3 Å². The fourth-order valence-corrected chi connectivity index (χ4v) is 1.11. The van der Waals surface area contributed by atoms with Crippen LogP contribution < -0.4 is 16.8 Å². The molecule has 0 bridgehead atoms. The third-order valence-electron chi connectivity index (χ3n) is 2.39. The van der Waals surface area contributed by atoms with Crippen LogP contribution in [0.25, 0.3) is 0 Å². The Morgan fingerprint density at radius 3 is 1.82 bits per heavy atom. The lowest BCUT2D eigenvalue weighted by atomic mass is 10.2. The predicted octanol–water partition coefficient (Wildman–Crippen LogP) is -3.40. The number of aliphatic hydroxyl groups is 2. The van der Waals surface area contributed by atoms with E-state index in [0.29, 0.717) is 13.0 Å². The maximum atomic E-state index is 10.2. The molecule has 0 saturated carbocycles. The molecule has 0 aromatic carbocycles. The van der Waals surface area contributed by atoms with E-state index in [9.17, 15) is 14.4 Å². The molecule has 1 saturated heterocycles. The van der Waals surface area contributed by atoms with E-state index in [4.69, 9.17) is 31.3 Å². The number of hydrogen-bond acceptors (Lipinski definition) is 8. The first-order chi connectivity index (χ1) is 10.0. The van der Waals surface area contributed by atoms with Gasteiger partial charge in [-0.1, -0.05) is 0 Å². The van der Waals surface area contributed by atoms with Crippen LogP contribution in [0.3, 0.4) is 0 Å². The van der Waals surface area contributed by atoms with Gasteiger partial charge in [-0.25, -0.2) is 0 Å². The Labute approximate surface area is 126 Å². The molecule has 1 fully saturated rings. The Balaban J connectivity index is 0. The zero-order chi connectivity index (χ0) is 17.9. The molecule has 130 valence electrons. The lowest BCUT2D eigenvalue weighted by Gasteiger charge is -2.06. The standard InChI is InChI=1S/C5H9NO3.C4H9NO3.C2H5NO2/c7-3-1-4(5(8)9)6-2-3;1-2(6)3(5)4(7)8;3-1-2(4)5/h3-4,6-7H,1-2H2,(H,8,9);2-3,6H,5H2,1H3,(H,7,8);1,3H2,(H,4,5)/t3-,4+;;/m1../s1. The Kier molecular flexibility index (Phi) is 12.1. The van der Waals surface area contributed by atoms with Gasteiger partial charge in [-0.3, -0.25) is 14.4 Å². The number of carboxylic acids is 3. The third-order valence-corrected chi connectivity index (χ3v) is 2.39. The Morgan fingerprint density at radius 1 is 1.27 bits per heavy atom. The highest BCUT2D eigenvalue weighted by Gasteiger charge is 2.27. The Bertz CT molecular complexity index is 363. The van der Waals surface area contributed by atoms with E-state index in [1.54, 1.807) is 0 Å². The van der Waals surface area contributed by atoms with Crippen molar-refractivity contribution in [1.82, 2.24) is 5.32 Å². The van der Waals surface area contributed by atoms with E-state index in [0.717, 1.165) is 0 Å². The van der Waals surface area contributed by atoms with Crippen molar-refractivity contribution in [3.8, 4) is 0 Å². The van der Waals surface area contributed by atoms with Crippen molar-refractivity contribution >= 4 is 17.9 Å². The number of carboxylic acid groups (broad SMARTS) is 3. The second-order valence-electron chi connectivity index (χ2n) is 4.39. The molecule has 1 rings (SSSR count). The molecule has 4 atom stereocenters. The number of carbonyl (C=O) groups is 3. The molecule has 22 heavy (non-hydrogen) atoms. The molecule has 11 nitrogen and oxygen atoms in total. The summed E-state index contributed by atoms with van der Waals surface area (Å²) in [5, 5.41) is 44.0. The number of hydrogen-bond donors (Lipinski definition) is 8. The molecular weight excluding hydrogens is 302 g/mol. The van der Waals surface area contributed by atoms with Gasteiger partial charge in [0.05, 0.1) is 18.8 Å². The lowest BCUT2D eigenvalue weighted by molar-refractivity contribution is -0.141. The molecule has 10 N–H and O–H groups in total. The van der Waals surface area contributed by atoms with Gasteiger partial charge in [0, 0.05) is 13.0 Å². The number of aliphatic carboxylic acids is 3. The SMILES string of the molecule is CC(O)C(N)C(=O)O.NCC(=O)O.O=C(O)[C@@H]1C[C@@H](O)CN1. The summed E-state index contributed by atoms with van der Waals surface area (Å²) in [5.74, 6) is -3.03. The molecule has 0 aromatic heterocycles. The molecule has 0 radical (unpaired) electrons. The van der Waals surface area contributed by atoms with Gasteiger partial charge in [-0.15, -0.1) is 0 Å². The zero-order valence-electron chi connectivity index (χ0n) is 12.0. The summed E-state index contributed by atoms with van der Waals surface area (Å²) in [5.41, 5.74) is 9.48. The van der Waals surface area contributed by atoms with Crippen LogP contribution in [0, 0.1) is 0 Å². The van der Waals surface area contributed by atoms with Gasteiger partial charge in [0.1, 0.15) is 12.1 Å². The van der Waals surface area contributed by atoms with Crippen molar-refractivity contribution in [3.05, 3.63) is 0 Å². The second-order valence-corrected chi connectivity index (χ2v) is 4.39. The minimum atomic E-state index is -1.18. The maximum Gasteiger partial charge on any atom is 0.323 e. The summed E-state index contributed by atoms with van der Waals surface area (Å²) in [6, 6.07) is -1.70. The fraction of sp³-hybridized carbons (Fsp3) is 0.727. The second kappa shape index (κ2) is 11.8. The van der Waals surface area contributed by atoms with Crippen LogP contribution in [0.4, 0.5) is 0 Å². The van der Waals surface area contributed by atoms with E-state index >= 15 is 0 Å². The summed E-state index contributed by atoms with van der Waals surface area (Å²) in [4.78, 5) is 29.3. The van der Waals surface area contributed by atoms with E-state index in [2.05, 4.69) is 11.1 Å². The van der Waals surface area contributed by atoms with E-state index in [1.165, 1.54) is 6.92 Å². The molecule has 0 aliphatic carbocycles. The van der Waals surface area contributed by atoms with Crippen molar-refractivity contribution in [2.24, 2.45) is 11.5 Å². The minimum Gasteiger partial charge on any atom is -0.480 e. The van der Waals surface area contributed by atoms with Gasteiger partial charge in [-0.05, 0) is 6.92 Å². The van der Waals surface area contributed by atoms with E-state index in [1.807, 2.05) is 0 Å². The Morgan fingerprint density at radius 2 is 1.73 bits per heavy atom. The summed E-state index contributed by atoms with van der Waals surface area (Å²) < 4.78 is 0. The topological polar surface area (TPSA) is 216 Å². The molecule has 1 aliphatic heterocycles. The zero-order valence-corrected chi connectivity index (χ0v) is 12.0. The molecule has 1 aliphatic rings. The van der Waals surface area contributed by atoms with Crippen molar-refractivity contribution in [2.75, 3.05) is 13.1 Å². The summed E-state index contributed by atoms with van der Waals surface area (Å²) in [7, 11) is 0. The highest BCUT2D eigenvalue weighted by Crippen LogP contribution is 2.05. The van der Waals surface area contributed by atoms with Gasteiger partial charge in [0.25, 0.3) is 0 Å². The van der Waals surface area contributed by atoms with Crippen LogP contribution in [0.15, 0.2) is 0 Å². The number of nitrogens with two attached hydrogens (primary N) is 2. The quantitative estimate of drug-likeness (QED) is 0.255. The first-order valence-electron chi connectivity index (χ1n) is 6.25. The molecule has 11 heteroatoms. The summed E-state index contributed by atoms with van der Waals surface area (Å²) in [6.45, 7) is 1.45. The summed E-state index contributed by atoms with van der Waals surface area (Å²) >= 11 is 0. The smallest absolute Gasteiger partial charge is 0.323 e. The van der Waals surface area contributed by atoms with Crippen molar-refractivity contribution in [1.29, 1.82) is 0 Å². The molecule has 0 spiro atoms. The van der Waals surface area contributed by atoms with E-state index in [-0.39, 0.29) is 6.54 Å². The van der Waals surface area contributed by atoms with Crippen LogP contribution in [0.1, 0.15) is 13.3 Å². The average Bonchev–Trinajstić information content (AvgIpc) is 2.86. The molecule has 0 aromatic rings. The molecular formula is C11H23N3O8. The number of aliphatic hydroxyl groups excluding tert-OH is 2. The van der Waals surface area contributed by atoms with Crippen LogP contribution in [0.2, 0.25) is 0 Å². The predicted molar refractivity (Wildman–Crippen MR) is 74.0 cm³/mol. The molecule has 1 heterocycles. The van der Waals surface area contributed by atoms with Crippen LogP contribution in [-0.4, -0.2) is 80.8 Å². The first-order valence-corrected chi connectivity index (χ1v) is 6.25. The van der Waals surface area contributed by atoms with Crippen LogP contribution >= 0.6 is 0 Å². The highest BCUT2D eigenvalue weighted by atomic mass is 16.4. The third kappa shape index (κ3) is 12.0. The molecule has 2 unspecified atom stereocenters. The van der Waals surface area contributed by atoms with Gasteiger partial charge in [-0.2, -0.15) is 0 Å². The highest BCUT2D eigenvalue weighted by molar-refractivity contribution is 5.74. The van der Waals surface area contributed by atoms with Crippen LogP contribution in [0.5, 0.6) is 0 Å². The normalized spacial score (nSPS) is 22.2. The largest absolute Gasteiger partial charge is 0.480 e. The van der Waals surface area contributed by atoms with Gasteiger partial charge >= 0.3 is 17.9 Å². The first kappa shape index (κ1) is 22.5. The van der Waals surface area contributed by atoms with Crippen molar-refractivity contribution in [2.45, 2.75) is 37.6 Å². The molecule has 0 amide bonds. The maximum absolute atomic E-state index is 10.2. The van der Waals surface area contributed by atoms with Gasteiger partial charge in [0.2, 0.25) is 0 Å². The lowest BCUT2D eigenvalue weighted by Crippen LogP contribution is -2.39. The van der Waals surface area contributed by atoms with Gasteiger partial charge in [0.15, 0.2) is 0 Å². The number of β-amino-alcohol motifs (C(OH)–C–C–N with tert-alkyl or cyclic N) is 1. The average molecular weight is 325 g/mol. The monoisotopic (exact) mass is 325 g/mol. The summed E-state index contributed by atoms with van der Waals surface area (Å²) in [6.07, 6.45) is -1.13. The van der Waals surface area contributed by atoms with Crippen LogP contribution in [-0.2, 0) is 14.4 Å². The number of nitrogens with one attached hydrogen (secondary N) is 1. The van der Waals surface area contributed by atoms with Crippen molar-refractivity contribution in [3.63, 3.8) is 0 Å². The number of rotatable bonds is 4. The Hall–Kier alpha value is -1.79. The van der Waals surface area contributed by atoms with Crippen molar-refractivity contribution < 1.29 is 39.9 Å². The van der Waals surface area contributed by atoms with E-state index < -0.39 is 42.2 Å². The minimum absolute atomic E-state index is 0.278. The fourth-order valence-electron chi connectivity index (χ4n) is 1.11.